The van der Waals surface area contributed by atoms with Crippen LogP contribution in [0.4, 0.5) is 0 Å². The zero-order chi connectivity index (χ0) is 9.83. The summed E-state index contributed by atoms with van der Waals surface area (Å²) in [5.41, 5.74) is 0.413. The van der Waals surface area contributed by atoms with Gasteiger partial charge < -0.3 is 0 Å². The minimum Gasteiger partial charge on any atom is -0.167 e. The third-order valence-corrected chi connectivity index (χ3v) is 6.11. The van der Waals surface area contributed by atoms with E-state index >= 15 is 0 Å². The van der Waals surface area contributed by atoms with Gasteiger partial charge in [0.1, 0.15) is 0 Å². The van der Waals surface area contributed by atoms with Gasteiger partial charge in [-0.05, 0) is 17.5 Å². The van der Waals surface area contributed by atoms with Gasteiger partial charge in [0, 0.05) is 0 Å². The Kier molecular flexibility index (Phi) is 4.86. The molecule has 0 spiro atoms. The summed E-state index contributed by atoms with van der Waals surface area (Å²) in [4.78, 5) is 0. The number of hydrogen-bond donors (Lipinski definition) is 0. The van der Waals surface area contributed by atoms with Gasteiger partial charge in [-0.1, -0.05) is 47.1 Å². The van der Waals surface area contributed by atoms with E-state index < -0.39 is 7.38 Å². The second-order valence-electron chi connectivity index (χ2n) is 5.25. The van der Waals surface area contributed by atoms with Gasteiger partial charge in [-0.2, -0.15) is 11.1 Å². The van der Waals surface area contributed by atoms with E-state index in [0.29, 0.717) is 5.41 Å². The lowest BCUT2D eigenvalue weighted by Crippen LogP contribution is -2.28. The Morgan fingerprint density at radius 3 is 2.08 bits per heavy atom. The summed E-state index contributed by atoms with van der Waals surface area (Å²) in [5, 5.41) is 0. The quantitative estimate of drug-likeness (QED) is 0.464. The first-order valence-electron chi connectivity index (χ1n) is 4.96. The van der Waals surface area contributed by atoms with Crippen molar-refractivity contribution in [2.45, 2.75) is 59.2 Å². The first-order valence-corrected chi connectivity index (χ1v) is 8.88. The summed E-state index contributed by atoms with van der Waals surface area (Å²) in [6, 6.07) is 2.52. The molecule has 0 nitrogen and oxygen atoms in total. The largest absolute Gasteiger partial charge is 0.167 e. The SMILES string of the molecule is CCCC[Si](C)(Cl)CC(C)(C)C. The summed E-state index contributed by atoms with van der Waals surface area (Å²) >= 11 is 6.54. The maximum absolute atomic E-state index is 6.54. The average molecular weight is 207 g/mol. The lowest BCUT2D eigenvalue weighted by molar-refractivity contribution is 0.462. The highest BCUT2D eigenvalue weighted by Gasteiger charge is 2.29. The molecule has 1 atom stereocenters. The summed E-state index contributed by atoms with van der Waals surface area (Å²) in [6.07, 6.45) is 2.59. The summed E-state index contributed by atoms with van der Waals surface area (Å²) in [6.45, 7) is 11.4. The van der Waals surface area contributed by atoms with Crippen LogP contribution in [-0.4, -0.2) is 7.38 Å². The predicted octanol–water partition coefficient (Wildman–Crippen LogP) is 4.65. The van der Waals surface area contributed by atoms with Crippen LogP contribution in [0.1, 0.15) is 40.5 Å². The standard InChI is InChI=1S/C10H23ClSi/c1-6-7-8-12(5,11)9-10(2,3)4/h6-9H2,1-5H3. The van der Waals surface area contributed by atoms with Crippen molar-refractivity contribution in [3.63, 3.8) is 0 Å². The smallest absolute Gasteiger partial charge is 0.154 e. The van der Waals surface area contributed by atoms with Gasteiger partial charge in [-0.15, -0.1) is 0 Å². The molecule has 0 aromatic rings. The van der Waals surface area contributed by atoms with Crippen molar-refractivity contribution in [1.29, 1.82) is 0 Å². The van der Waals surface area contributed by atoms with Crippen LogP contribution < -0.4 is 0 Å². The molecule has 0 aliphatic rings. The fraction of sp³-hybridized carbons (Fsp3) is 1.00. The van der Waals surface area contributed by atoms with Gasteiger partial charge >= 0.3 is 0 Å². The van der Waals surface area contributed by atoms with E-state index in [0.717, 1.165) is 0 Å². The maximum Gasteiger partial charge on any atom is 0.154 e. The first kappa shape index (κ1) is 12.5. The van der Waals surface area contributed by atoms with E-state index in [1.54, 1.807) is 0 Å². The predicted molar refractivity (Wildman–Crippen MR) is 61.4 cm³/mol. The molecule has 12 heavy (non-hydrogen) atoms. The number of halogens is 1. The molecule has 0 saturated carbocycles. The molecular weight excluding hydrogens is 184 g/mol. The van der Waals surface area contributed by atoms with Gasteiger partial charge in [-0.25, -0.2) is 0 Å². The Labute approximate surface area is 83.4 Å². The number of rotatable bonds is 4. The molecule has 0 radical (unpaired) electrons. The Hall–Kier alpha value is 0.507. The van der Waals surface area contributed by atoms with Gasteiger partial charge in [0.05, 0.1) is 0 Å². The third-order valence-electron chi connectivity index (χ3n) is 1.95. The van der Waals surface area contributed by atoms with E-state index in [1.165, 1.54) is 24.9 Å². The molecule has 0 rings (SSSR count). The molecule has 1 unspecified atom stereocenters. The molecule has 74 valence electrons. The summed E-state index contributed by atoms with van der Waals surface area (Å²) in [7, 11) is -1.39. The Morgan fingerprint density at radius 2 is 1.75 bits per heavy atom. The fourth-order valence-corrected chi connectivity index (χ4v) is 6.82. The highest BCUT2D eigenvalue weighted by molar-refractivity contribution is 7.19. The maximum atomic E-state index is 6.54. The molecule has 0 heterocycles. The molecular formula is C10H23ClSi. The van der Waals surface area contributed by atoms with E-state index in [1.807, 2.05) is 0 Å². The molecule has 0 aromatic heterocycles. The highest BCUT2D eigenvalue weighted by atomic mass is 35.6. The van der Waals surface area contributed by atoms with Crippen LogP contribution in [0.2, 0.25) is 18.6 Å². The van der Waals surface area contributed by atoms with Gasteiger partial charge in [0.15, 0.2) is 7.38 Å². The van der Waals surface area contributed by atoms with Crippen LogP contribution >= 0.6 is 11.1 Å². The van der Waals surface area contributed by atoms with Crippen LogP contribution in [0.5, 0.6) is 0 Å². The highest BCUT2D eigenvalue weighted by Crippen LogP contribution is 2.33. The fourth-order valence-electron chi connectivity index (χ4n) is 1.74. The molecule has 0 saturated heterocycles. The Balaban J connectivity index is 3.86. The topological polar surface area (TPSA) is 0 Å². The van der Waals surface area contributed by atoms with E-state index in [-0.39, 0.29) is 0 Å². The van der Waals surface area contributed by atoms with Crippen molar-refractivity contribution in [1.82, 2.24) is 0 Å². The summed E-state index contributed by atoms with van der Waals surface area (Å²) in [5.74, 6) is 0. The zero-order valence-electron chi connectivity index (χ0n) is 9.21. The first-order chi connectivity index (χ1) is 5.27. The van der Waals surface area contributed by atoms with Crippen molar-refractivity contribution >= 4 is 18.5 Å². The van der Waals surface area contributed by atoms with E-state index in [2.05, 4.69) is 34.2 Å². The number of hydrogen-bond acceptors (Lipinski definition) is 0. The van der Waals surface area contributed by atoms with Crippen molar-refractivity contribution in [2.24, 2.45) is 5.41 Å². The van der Waals surface area contributed by atoms with E-state index in [4.69, 9.17) is 11.1 Å². The molecule has 0 aliphatic carbocycles. The average Bonchev–Trinajstić information content (AvgIpc) is 1.78. The molecule has 2 heteroatoms. The molecule has 0 N–H and O–H groups in total. The minimum absolute atomic E-state index is 0.413. The zero-order valence-corrected chi connectivity index (χ0v) is 11.0. The normalized spacial score (nSPS) is 17.5. The number of unbranched alkanes of at least 4 members (excludes halogenated alkanes) is 1. The second-order valence-corrected chi connectivity index (χ2v) is 11.7. The van der Waals surface area contributed by atoms with Gasteiger partial charge in [-0.3, -0.25) is 0 Å². The third kappa shape index (κ3) is 7.17. The van der Waals surface area contributed by atoms with Gasteiger partial charge in [0.2, 0.25) is 0 Å². The van der Waals surface area contributed by atoms with Crippen molar-refractivity contribution in [3.8, 4) is 0 Å². The van der Waals surface area contributed by atoms with Crippen LogP contribution in [0.25, 0.3) is 0 Å². The minimum atomic E-state index is -1.39. The Morgan fingerprint density at radius 1 is 1.25 bits per heavy atom. The monoisotopic (exact) mass is 206 g/mol. The Bertz CT molecular complexity index is 124. The van der Waals surface area contributed by atoms with Crippen molar-refractivity contribution < 1.29 is 0 Å². The molecule has 0 amide bonds. The molecule has 0 fully saturated rings. The van der Waals surface area contributed by atoms with Gasteiger partial charge in [0.25, 0.3) is 0 Å². The van der Waals surface area contributed by atoms with E-state index in [9.17, 15) is 0 Å². The molecule has 0 bridgehead atoms. The van der Waals surface area contributed by atoms with Crippen molar-refractivity contribution in [3.05, 3.63) is 0 Å². The lowest BCUT2D eigenvalue weighted by atomic mass is 10.0. The van der Waals surface area contributed by atoms with Crippen LogP contribution in [-0.2, 0) is 0 Å². The van der Waals surface area contributed by atoms with Crippen LogP contribution in [0.15, 0.2) is 0 Å². The van der Waals surface area contributed by atoms with Crippen LogP contribution in [0, 0.1) is 5.41 Å². The molecule has 0 aliphatic heterocycles. The lowest BCUT2D eigenvalue weighted by Gasteiger charge is -2.28. The summed E-state index contributed by atoms with van der Waals surface area (Å²) < 4.78 is 0. The second kappa shape index (κ2) is 4.66. The van der Waals surface area contributed by atoms with Crippen LogP contribution in [0.3, 0.4) is 0 Å². The molecule has 0 aromatic carbocycles. The van der Waals surface area contributed by atoms with Crippen molar-refractivity contribution in [2.75, 3.05) is 0 Å².